The third kappa shape index (κ3) is 7.47. The Labute approximate surface area is 172 Å². The number of carbonyl (C=O) groups excluding carboxylic acids is 1. The Balaban J connectivity index is 2.07. The van der Waals surface area contributed by atoms with Crippen LogP contribution in [0.25, 0.3) is 6.08 Å². The minimum absolute atomic E-state index is 0.0632. The summed E-state index contributed by atoms with van der Waals surface area (Å²) in [6, 6.07) is 13.9. The van der Waals surface area contributed by atoms with Gasteiger partial charge < -0.3 is 14.8 Å². The molecule has 0 aliphatic rings. The maximum absolute atomic E-state index is 12.5. The van der Waals surface area contributed by atoms with Crippen LogP contribution in [-0.2, 0) is 4.79 Å². The summed E-state index contributed by atoms with van der Waals surface area (Å²) in [6.45, 7) is -0.936. The van der Waals surface area contributed by atoms with Crippen LogP contribution in [0.4, 0.5) is 14.5 Å². The van der Waals surface area contributed by atoms with E-state index >= 15 is 0 Å². The molecule has 0 atom stereocenters. The molecule has 0 radical (unpaired) electrons. The Bertz CT molecular complexity index is 898. The van der Waals surface area contributed by atoms with Gasteiger partial charge in [0.15, 0.2) is 11.5 Å². The number of hydrogen-bond donors (Lipinski definition) is 1. The number of carbonyl (C=O) groups is 1. The molecule has 0 saturated carbocycles. The second-order valence-corrected chi connectivity index (χ2v) is 6.73. The van der Waals surface area contributed by atoms with Crippen LogP contribution < -0.4 is 14.8 Å². The molecule has 8 heteroatoms. The lowest BCUT2D eigenvalue weighted by Crippen LogP contribution is -2.08. The van der Waals surface area contributed by atoms with E-state index < -0.39 is 6.61 Å². The van der Waals surface area contributed by atoms with Crippen LogP contribution in [-0.4, -0.2) is 24.9 Å². The average molecular weight is 418 g/mol. The smallest absolute Gasteiger partial charge is 0.387 e. The van der Waals surface area contributed by atoms with Crippen LogP contribution in [0.3, 0.4) is 0 Å². The third-order valence-electron chi connectivity index (χ3n) is 3.53. The number of alkyl halides is 2. The van der Waals surface area contributed by atoms with Gasteiger partial charge in [0.25, 0.3) is 0 Å². The first-order valence-corrected chi connectivity index (χ1v) is 9.81. The molecular formula is C21H20F2N2O3S. The van der Waals surface area contributed by atoms with Gasteiger partial charge in [-0.25, -0.2) is 0 Å². The van der Waals surface area contributed by atoms with E-state index in [9.17, 15) is 13.6 Å². The van der Waals surface area contributed by atoms with Gasteiger partial charge in [-0.1, -0.05) is 18.2 Å². The molecule has 2 rings (SSSR count). The molecule has 0 aliphatic heterocycles. The molecule has 29 heavy (non-hydrogen) atoms. The first kappa shape index (κ1) is 22.2. The summed E-state index contributed by atoms with van der Waals surface area (Å²) >= 11 is 1.49. The topological polar surface area (TPSA) is 71.3 Å². The molecule has 1 amide bonds. The summed E-state index contributed by atoms with van der Waals surface area (Å²) in [6.07, 6.45) is 3.31. The van der Waals surface area contributed by atoms with Gasteiger partial charge in [0.1, 0.15) is 0 Å². The van der Waals surface area contributed by atoms with Crippen molar-refractivity contribution in [3.05, 3.63) is 54.1 Å². The number of nitrogens with zero attached hydrogens (tertiary/aromatic N) is 1. The molecule has 0 aromatic heterocycles. The average Bonchev–Trinajstić information content (AvgIpc) is 2.69. The molecule has 0 fully saturated rings. The van der Waals surface area contributed by atoms with Crippen molar-refractivity contribution in [2.75, 3.05) is 17.7 Å². The van der Waals surface area contributed by atoms with Crippen LogP contribution in [0.1, 0.15) is 18.9 Å². The van der Waals surface area contributed by atoms with Crippen LogP contribution in [0.2, 0.25) is 0 Å². The number of amides is 1. The van der Waals surface area contributed by atoms with Crippen molar-refractivity contribution < 1.29 is 23.0 Å². The number of hydrogen-bond acceptors (Lipinski definition) is 5. The lowest BCUT2D eigenvalue weighted by molar-refractivity contribution is -0.111. The van der Waals surface area contributed by atoms with Crippen molar-refractivity contribution in [2.24, 2.45) is 0 Å². The summed E-state index contributed by atoms with van der Waals surface area (Å²) in [7, 11) is 0. The van der Waals surface area contributed by atoms with E-state index in [4.69, 9.17) is 10.00 Å². The van der Waals surface area contributed by atoms with E-state index in [1.165, 1.54) is 30.0 Å². The van der Waals surface area contributed by atoms with Gasteiger partial charge in [0.05, 0.1) is 18.4 Å². The number of ether oxygens (including phenoxy) is 2. The fourth-order valence-corrected chi connectivity index (χ4v) is 3.20. The molecule has 5 nitrogen and oxygen atoms in total. The number of thioether (sulfide) groups is 1. The largest absolute Gasteiger partial charge is 0.490 e. The lowest BCUT2D eigenvalue weighted by atomic mass is 10.2. The second-order valence-electron chi connectivity index (χ2n) is 5.59. The van der Waals surface area contributed by atoms with Gasteiger partial charge in [0, 0.05) is 23.1 Å². The minimum Gasteiger partial charge on any atom is -0.490 e. The molecule has 0 aliphatic carbocycles. The zero-order chi connectivity index (χ0) is 21.1. The van der Waals surface area contributed by atoms with Crippen molar-refractivity contribution in [3.63, 3.8) is 0 Å². The lowest BCUT2D eigenvalue weighted by Gasteiger charge is -2.11. The fraction of sp³-hybridized carbons (Fsp3) is 0.238. The van der Waals surface area contributed by atoms with E-state index in [1.807, 2.05) is 18.2 Å². The maximum Gasteiger partial charge on any atom is 0.387 e. The number of benzene rings is 2. The zero-order valence-electron chi connectivity index (χ0n) is 15.7. The second kappa shape index (κ2) is 11.7. The Kier molecular flexibility index (Phi) is 8.99. The molecular weight excluding hydrogens is 398 g/mol. The quantitative estimate of drug-likeness (QED) is 0.320. The van der Waals surface area contributed by atoms with E-state index in [1.54, 1.807) is 25.1 Å². The first-order chi connectivity index (χ1) is 14.0. The molecule has 0 saturated heterocycles. The molecule has 2 aromatic carbocycles. The van der Waals surface area contributed by atoms with Crippen molar-refractivity contribution in [2.45, 2.75) is 24.9 Å². The number of para-hydroxylation sites is 1. The molecule has 0 spiro atoms. The Morgan fingerprint density at radius 2 is 2.07 bits per heavy atom. The number of nitriles is 1. The summed E-state index contributed by atoms with van der Waals surface area (Å²) < 4.78 is 34.7. The molecule has 2 aromatic rings. The highest BCUT2D eigenvalue weighted by atomic mass is 32.2. The fourth-order valence-electron chi connectivity index (χ4n) is 2.34. The number of anilines is 1. The van der Waals surface area contributed by atoms with E-state index in [0.717, 1.165) is 4.90 Å². The highest BCUT2D eigenvalue weighted by Crippen LogP contribution is 2.30. The van der Waals surface area contributed by atoms with E-state index in [2.05, 4.69) is 16.1 Å². The summed E-state index contributed by atoms with van der Waals surface area (Å²) in [5, 5.41) is 11.5. The maximum atomic E-state index is 12.5. The monoisotopic (exact) mass is 418 g/mol. The normalized spacial score (nSPS) is 10.7. The van der Waals surface area contributed by atoms with Crippen molar-refractivity contribution in [3.8, 4) is 17.6 Å². The highest BCUT2D eigenvalue weighted by Gasteiger charge is 2.11. The zero-order valence-corrected chi connectivity index (χ0v) is 16.5. The Morgan fingerprint density at radius 1 is 1.28 bits per heavy atom. The standard InChI is InChI=1S/C21H20F2N2O3S/c1-2-27-18-14-15(8-10-17(18)28-21(22)23)9-11-20(26)25-16-6-3-4-7-19(16)29-13-5-12-24/h3-4,6-11,14,21H,2,5,13H2,1H3,(H,25,26)/b11-9+. The third-order valence-corrected chi connectivity index (χ3v) is 4.60. The predicted molar refractivity (Wildman–Crippen MR) is 109 cm³/mol. The van der Waals surface area contributed by atoms with Gasteiger partial charge in [0.2, 0.25) is 5.91 Å². The van der Waals surface area contributed by atoms with Crippen molar-refractivity contribution >= 4 is 29.4 Å². The minimum atomic E-state index is -2.95. The van der Waals surface area contributed by atoms with Gasteiger partial charge in [-0.2, -0.15) is 14.0 Å². The summed E-state index contributed by atoms with van der Waals surface area (Å²) in [5.41, 5.74) is 1.25. The van der Waals surface area contributed by atoms with Crippen LogP contribution in [0.15, 0.2) is 53.4 Å². The molecule has 152 valence electrons. The van der Waals surface area contributed by atoms with E-state index in [0.29, 0.717) is 23.4 Å². The first-order valence-electron chi connectivity index (χ1n) is 8.83. The van der Waals surface area contributed by atoms with Gasteiger partial charge in [-0.3, -0.25) is 4.79 Å². The van der Waals surface area contributed by atoms with Gasteiger partial charge in [-0.15, -0.1) is 11.8 Å². The highest BCUT2D eigenvalue weighted by molar-refractivity contribution is 7.99. The summed E-state index contributed by atoms with van der Waals surface area (Å²) in [4.78, 5) is 13.1. The Hall–Kier alpha value is -3.05. The van der Waals surface area contributed by atoms with Crippen molar-refractivity contribution in [1.82, 2.24) is 0 Å². The summed E-state index contributed by atoms with van der Waals surface area (Å²) in [5.74, 6) is 0.400. The van der Waals surface area contributed by atoms with Crippen LogP contribution in [0, 0.1) is 11.3 Å². The molecule has 0 bridgehead atoms. The SMILES string of the molecule is CCOc1cc(/C=C/C(=O)Nc2ccccc2SCCC#N)ccc1OC(F)F. The number of halogens is 2. The van der Waals surface area contributed by atoms with Crippen molar-refractivity contribution in [1.29, 1.82) is 5.26 Å². The van der Waals surface area contributed by atoms with Crippen LogP contribution >= 0.6 is 11.8 Å². The van der Waals surface area contributed by atoms with Gasteiger partial charge in [-0.05, 0) is 42.8 Å². The van der Waals surface area contributed by atoms with Crippen LogP contribution in [0.5, 0.6) is 11.5 Å². The van der Waals surface area contributed by atoms with E-state index in [-0.39, 0.29) is 24.0 Å². The number of rotatable bonds is 10. The van der Waals surface area contributed by atoms with Gasteiger partial charge >= 0.3 is 6.61 Å². The molecule has 1 N–H and O–H groups in total. The Morgan fingerprint density at radius 3 is 2.79 bits per heavy atom. The molecule has 0 heterocycles. The number of nitrogens with one attached hydrogen (secondary N) is 1. The predicted octanol–water partition coefficient (Wildman–Crippen LogP) is 5.34. The molecule has 0 unspecified atom stereocenters.